The summed E-state index contributed by atoms with van der Waals surface area (Å²) in [5, 5.41) is 0.596. The lowest BCUT2D eigenvalue weighted by Gasteiger charge is -2.08. The predicted octanol–water partition coefficient (Wildman–Crippen LogP) is 3.32. The maximum Gasteiger partial charge on any atom is 0.330 e. The molecule has 92 valence electrons. The molecule has 1 aromatic carbocycles. The summed E-state index contributed by atoms with van der Waals surface area (Å²) in [5.41, 5.74) is 0.761. The molecule has 0 amide bonds. The molecule has 0 aliphatic heterocycles. The summed E-state index contributed by atoms with van der Waals surface area (Å²) in [6, 6.07) is 5.28. The second kappa shape index (κ2) is 6.97. The number of ether oxygens (including phenoxy) is 2. The fourth-order valence-electron chi connectivity index (χ4n) is 1.22. The molecule has 0 N–H and O–H groups in total. The van der Waals surface area contributed by atoms with Crippen LogP contribution in [-0.2, 0) is 9.53 Å². The second-order valence-electron chi connectivity index (χ2n) is 3.39. The van der Waals surface area contributed by atoms with Crippen LogP contribution in [0, 0.1) is 0 Å². The number of methoxy groups -OCH3 is 1. The van der Waals surface area contributed by atoms with Crippen LogP contribution in [0.15, 0.2) is 24.3 Å². The van der Waals surface area contributed by atoms with Gasteiger partial charge in [0.05, 0.1) is 13.7 Å². The maximum atomic E-state index is 11.0. The van der Waals surface area contributed by atoms with Crippen LogP contribution in [0.25, 0.3) is 6.08 Å². The molecular formula is C13H15ClO3. The van der Waals surface area contributed by atoms with Gasteiger partial charge in [-0.2, -0.15) is 0 Å². The number of rotatable bonds is 5. The number of hydrogen-bond donors (Lipinski definition) is 0. The van der Waals surface area contributed by atoms with Crippen molar-refractivity contribution in [2.45, 2.75) is 13.3 Å². The minimum absolute atomic E-state index is 0.411. The molecule has 0 unspecified atom stereocenters. The minimum atomic E-state index is -0.411. The highest BCUT2D eigenvalue weighted by Crippen LogP contribution is 2.24. The first-order chi connectivity index (χ1) is 8.17. The van der Waals surface area contributed by atoms with Gasteiger partial charge in [0, 0.05) is 16.7 Å². The van der Waals surface area contributed by atoms with Crippen molar-refractivity contribution in [1.82, 2.24) is 0 Å². The number of esters is 1. The van der Waals surface area contributed by atoms with Crippen LogP contribution in [0.2, 0.25) is 5.02 Å². The van der Waals surface area contributed by atoms with Gasteiger partial charge in [-0.1, -0.05) is 18.5 Å². The van der Waals surface area contributed by atoms with Gasteiger partial charge >= 0.3 is 5.97 Å². The number of hydrogen-bond acceptors (Lipinski definition) is 3. The molecule has 0 aromatic heterocycles. The first-order valence-electron chi connectivity index (χ1n) is 5.35. The van der Waals surface area contributed by atoms with Crippen LogP contribution in [-0.4, -0.2) is 19.7 Å². The van der Waals surface area contributed by atoms with E-state index in [1.807, 2.05) is 6.92 Å². The topological polar surface area (TPSA) is 35.5 Å². The fraction of sp³-hybridized carbons (Fsp3) is 0.308. The molecule has 0 heterocycles. The van der Waals surface area contributed by atoms with E-state index < -0.39 is 5.97 Å². The molecular weight excluding hydrogens is 240 g/mol. The van der Waals surface area contributed by atoms with E-state index in [0.717, 1.165) is 12.0 Å². The first-order valence-corrected chi connectivity index (χ1v) is 5.73. The molecule has 1 rings (SSSR count). The van der Waals surface area contributed by atoms with Gasteiger partial charge in [-0.25, -0.2) is 4.79 Å². The molecule has 0 aliphatic rings. The van der Waals surface area contributed by atoms with Gasteiger partial charge in [0.15, 0.2) is 0 Å². The van der Waals surface area contributed by atoms with Crippen molar-refractivity contribution in [3.05, 3.63) is 34.9 Å². The molecule has 0 radical (unpaired) electrons. The number of halogens is 1. The number of carbonyl (C=O) groups is 1. The van der Waals surface area contributed by atoms with E-state index in [0.29, 0.717) is 17.4 Å². The number of benzene rings is 1. The van der Waals surface area contributed by atoms with Crippen LogP contribution in [0.3, 0.4) is 0 Å². The second-order valence-corrected chi connectivity index (χ2v) is 3.82. The maximum absolute atomic E-state index is 11.0. The summed E-state index contributed by atoms with van der Waals surface area (Å²) in [7, 11) is 1.33. The van der Waals surface area contributed by atoms with Gasteiger partial charge in [-0.3, -0.25) is 0 Å². The van der Waals surface area contributed by atoms with Crippen molar-refractivity contribution in [2.24, 2.45) is 0 Å². The summed E-state index contributed by atoms with van der Waals surface area (Å²) in [6.45, 7) is 2.65. The van der Waals surface area contributed by atoms with Gasteiger partial charge < -0.3 is 9.47 Å². The quantitative estimate of drug-likeness (QED) is 0.597. The molecule has 0 aliphatic carbocycles. The van der Waals surface area contributed by atoms with Crippen LogP contribution in [0.5, 0.6) is 5.75 Å². The Bertz CT molecular complexity index is 413. The molecule has 0 bridgehead atoms. The van der Waals surface area contributed by atoms with E-state index in [9.17, 15) is 4.79 Å². The van der Waals surface area contributed by atoms with E-state index in [2.05, 4.69) is 4.74 Å². The Morgan fingerprint density at radius 3 is 2.88 bits per heavy atom. The van der Waals surface area contributed by atoms with E-state index in [1.165, 1.54) is 13.2 Å². The van der Waals surface area contributed by atoms with Gasteiger partial charge in [0.1, 0.15) is 5.75 Å². The SMILES string of the molecule is CCCOc1ccc(Cl)cc1C=CC(=O)OC. The van der Waals surface area contributed by atoms with Crippen LogP contribution < -0.4 is 4.74 Å². The van der Waals surface area contributed by atoms with E-state index in [-0.39, 0.29) is 0 Å². The highest BCUT2D eigenvalue weighted by atomic mass is 35.5. The summed E-state index contributed by atoms with van der Waals surface area (Å²) in [6.07, 6.45) is 3.88. The van der Waals surface area contributed by atoms with Gasteiger partial charge in [0.25, 0.3) is 0 Å². The lowest BCUT2D eigenvalue weighted by atomic mass is 10.2. The smallest absolute Gasteiger partial charge is 0.330 e. The summed E-state index contributed by atoms with van der Waals surface area (Å²) < 4.78 is 10.1. The lowest BCUT2D eigenvalue weighted by Crippen LogP contribution is -1.97. The van der Waals surface area contributed by atoms with Crippen LogP contribution >= 0.6 is 11.6 Å². The largest absolute Gasteiger partial charge is 0.493 e. The standard InChI is InChI=1S/C13H15ClO3/c1-3-8-17-12-6-5-11(14)9-10(12)4-7-13(15)16-2/h4-7,9H,3,8H2,1-2H3. The number of carbonyl (C=O) groups excluding carboxylic acids is 1. The Labute approximate surface area is 106 Å². The Hall–Kier alpha value is -1.48. The fourth-order valence-corrected chi connectivity index (χ4v) is 1.40. The Morgan fingerprint density at radius 1 is 1.47 bits per heavy atom. The predicted molar refractivity (Wildman–Crippen MR) is 68.3 cm³/mol. The third-order valence-corrected chi connectivity index (χ3v) is 2.27. The zero-order chi connectivity index (χ0) is 12.7. The Kier molecular flexibility index (Phi) is 5.57. The average molecular weight is 255 g/mol. The highest BCUT2D eigenvalue weighted by Gasteiger charge is 2.02. The molecule has 17 heavy (non-hydrogen) atoms. The van der Waals surface area contributed by atoms with Crippen molar-refractivity contribution in [3.8, 4) is 5.75 Å². The van der Waals surface area contributed by atoms with Crippen molar-refractivity contribution in [1.29, 1.82) is 0 Å². The summed E-state index contributed by atoms with van der Waals surface area (Å²) in [4.78, 5) is 11.0. The summed E-state index contributed by atoms with van der Waals surface area (Å²) >= 11 is 5.89. The average Bonchev–Trinajstić information content (AvgIpc) is 2.34. The molecule has 1 aromatic rings. The zero-order valence-electron chi connectivity index (χ0n) is 9.90. The molecule has 0 fully saturated rings. The van der Waals surface area contributed by atoms with Crippen molar-refractivity contribution in [3.63, 3.8) is 0 Å². The minimum Gasteiger partial charge on any atom is -0.493 e. The molecule has 0 atom stereocenters. The van der Waals surface area contributed by atoms with Crippen LogP contribution in [0.4, 0.5) is 0 Å². The Morgan fingerprint density at radius 2 is 2.24 bits per heavy atom. The highest BCUT2D eigenvalue weighted by molar-refractivity contribution is 6.30. The molecule has 0 saturated carbocycles. The van der Waals surface area contributed by atoms with Gasteiger partial charge in [0.2, 0.25) is 0 Å². The van der Waals surface area contributed by atoms with Gasteiger partial charge in [-0.05, 0) is 30.7 Å². The Balaban J connectivity index is 2.90. The normalized spacial score (nSPS) is 10.5. The molecule has 3 nitrogen and oxygen atoms in total. The first kappa shape index (κ1) is 13.6. The summed E-state index contributed by atoms with van der Waals surface area (Å²) in [5.74, 6) is 0.294. The van der Waals surface area contributed by atoms with E-state index in [4.69, 9.17) is 16.3 Å². The lowest BCUT2D eigenvalue weighted by molar-refractivity contribution is -0.134. The molecule has 0 saturated heterocycles. The molecule has 4 heteroatoms. The van der Waals surface area contributed by atoms with Crippen molar-refractivity contribution >= 4 is 23.6 Å². The monoisotopic (exact) mass is 254 g/mol. The van der Waals surface area contributed by atoms with Crippen molar-refractivity contribution < 1.29 is 14.3 Å². The van der Waals surface area contributed by atoms with Crippen molar-refractivity contribution in [2.75, 3.05) is 13.7 Å². The molecule has 0 spiro atoms. The van der Waals surface area contributed by atoms with Crippen LogP contribution in [0.1, 0.15) is 18.9 Å². The zero-order valence-corrected chi connectivity index (χ0v) is 10.7. The third-order valence-electron chi connectivity index (χ3n) is 2.03. The van der Waals surface area contributed by atoms with Gasteiger partial charge in [-0.15, -0.1) is 0 Å². The third kappa shape index (κ3) is 4.49. The van der Waals surface area contributed by atoms with E-state index >= 15 is 0 Å². The van der Waals surface area contributed by atoms with E-state index in [1.54, 1.807) is 24.3 Å².